The van der Waals surface area contributed by atoms with Crippen LogP contribution in [0.15, 0.2) is 34.9 Å². The third kappa shape index (κ3) is 11.5. The summed E-state index contributed by atoms with van der Waals surface area (Å²) in [6, 6.07) is 0. The number of allylic oxidation sites excluding steroid dienone is 6. The summed E-state index contributed by atoms with van der Waals surface area (Å²) >= 11 is 0. The van der Waals surface area contributed by atoms with Gasteiger partial charge < -0.3 is 0 Å². The van der Waals surface area contributed by atoms with E-state index in [1.165, 1.54) is 42.4 Å². The molecule has 0 spiro atoms. The van der Waals surface area contributed by atoms with Crippen LogP contribution in [0.1, 0.15) is 66.7 Å². The minimum absolute atomic E-state index is 1.13. The minimum Gasteiger partial charge on any atom is -0.0856 e. The van der Waals surface area contributed by atoms with E-state index >= 15 is 0 Å². The maximum Gasteiger partial charge on any atom is -0.0171 e. The first kappa shape index (κ1) is 16.2. The van der Waals surface area contributed by atoms with Crippen molar-refractivity contribution in [3.8, 4) is 0 Å². The van der Waals surface area contributed by atoms with Crippen molar-refractivity contribution in [1.82, 2.24) is 0 Å². The fourth-order valence-electron chi connectivity index (χ4n) is 1.64. The average molecular weight is 233 g/mol. The van der Waals surface area contributed by atoms with Crippen LogP contribution in [-0.4, -0.2) is 0 Å². The summed E-state index contributed by atoms with van der Waals surface area (Å²) in [5.41, 5.74) is 4.43. The molecule has 0 aliphatic carbocycles. The van der Waals surface area contributed by atoms with Crippen molar-refractivity contribution in [2.24, 2.45) is 0 Å². The van der Waals surface area contributed by atoms with Crippen molar-refractivity contribution in [1.29, 1.82) is 0 Å². The van der Waals surface area contributed by atoms with Gasteiger partial charge in [-0.3, -0.25) is 0 Å². The number of unbranched alkanes of at least 4 members (excludes halogenated alkanes) is 1. The largest absolute Gasteiger partial charge is 0.0856 e. The minimum atomic E-state index is 1.13. The normalized spacial score (nSPS) is 12.8. The van der Waals surface area contributed by atoms with Crippen LogP contribution in [-0.2, 0) is 0 Å². The van der Waals surface area contributed by atoms with Crippen molar-refractivity contribution < 1.29 is 0 Å². The Kier molecular flexibility index (Phi) is 9.90. The Labute approximate surface area is 109 Å². The Morgan fingerprint density at radius 2 is 1.41 bits per heavy atom. The average Bonchev–Trinajstić information content (AvgIpc) is 2.25. The van der Waals surface area contributed by atoms with Crippen LogP contribution in [0.5, 0.6) is 0 Å². The summed E-state index contributed by atoms with van der Waals surface area (Å²) in [6.07, 6.45) is 15.1. The molecule has 0 aliphatic heterocycles. The standard InChI is InChI=1S/C17H29/c1-6-7-11-16(4)13-9-14-17(5)12-8-10-15(2)3/h7,10-11,14H,6,8-9,12-13H2,1-5H3. The quantitative estimate of drug-likeness (QED) is 0.450. The van der Waals surface area contributed by atoms with Crippen LogP contribution in [0.25, 0.3) is 0 Å². The molecule has 0 nitrogen and oxygen atoms in total. The molecule has 0 fully saturated rings. The van der Waals surface area contributed by atoms with E-state index in [1.807, 2.05) is 0 Å². The first-order valence-corrected chi connectivity index (χ1v) is 6.84. The van der Waals surface area contributed by atoms with Gasteiger partial charge in [-0.05, 0) is 66.2 Å². The summed E-state index contributed by atoms with van der Waals surface area (Å²) in [5.74, 6) is 0. The van der Waals surface area contributed by atoms with Gasteiger partial charge in [0.2, 0.25) is 0 Å². The maximum atomic E-state index is 2.39. The van der Waals surface area contributed by atoms with E-state index in [0.29, 0.717) is 0 Å². The van der Waals surface area contributed by atoms with Gasteiger partial charge in [-0.1, -0.05) is 41.9 Å². The van der Waals surface area contributed by atoms with Gasteiger partial charge in [-0.25, -0.2) is 0 Å². The molecule has 1 radical (unpaired) electrons. The van der Waals surface area contributed by atoms with Gasteiger partial charge in [0.25, 0.3) is 0 Å². The predicted molar refractivity (Wildman–Crippen MR) is 80.0 cm³/mol. The first-order valence-electron chi connectivity index (χ1n) is 6.84. The number of hydrogen-bond acceptors (Lipinski definition) is 0. The Hall–Kier alpha value is -0.780. The molecule has 0 amide bonds. The molecular weight excluding hydrogens is 204 g/mol. The monoisotopic (exact) mass is 233 g/mol. The molecule has 97 valence electrons. The van der Waals surface area contributed by atoms with Gasteiger partial charge in [0.05, 0.1) is 0 Å². The zero-order chi connectivity index (χ0) is 13.1. The Morgan fingerprint density at radius 1 is 0.824 bits per heavy atom. The van der Waals surface area contributed by atoms with Gasteiger partial charge in [0, 0.05) is 0 Å². The lowest BCUT2D eigenvalue weighted by molar-refractivity contribution is 0.916. The van der Waals surface area contributed by atoms with Crippen LogP contribution >= 0.6 is 0 Å². The molecule has 0 aromatic carbocycles. The molecule has 0 saturated heterocycles. The SMILES string of the molecule is CC[CH]C=C(C)CCC=C(C)CCC=C(C)C. The molecule has 0 saturated carbocycles. The molecule has 0 N–H and O–H groups in total. The summed E-state index contributed by atoms with van der Waals surface area (Å²) in [6.45, 7) is 11.0. The summed E-state index contributed by atoms with van der Waals surface area (Å²) in [4.78, 5) is 0. The van der Waals surface area contributed by atoms with Crippen LogP contribution in [0.4, 0.5) is 0 Å². The molecule has 0 aliphatic rings. The van der Waals surface area contributed by atoms with Gasteiger partial charge in [0.15, 0.2) is 0 Å². The van der Waals surface area contributed by atoms with Crippen molar-refractivity contribution in [2.75, 3.05) is 0 Å². The number of rotatable bonds is 8. The highest BCUT2D eigenvalue weighted by Crippen LogP contribution is 2.11. The second-order valence-corrected chi connectivity index (χ2v) is 5.07. The first-order chi connectivity index (χ1) is 8.06. The highest BCUT2D eigenvalue weighted by atomic mass is 14.0. The number of hydrogen-bond donors (Lipinski definition) is 0. The van der Waals surface area contributed by atoms with E-state index < -0.39 is 0 Å². The Morgan fingerprint density at radius 3 is 2.00 bits per heavy atom. The van der Waals surface area contributed by atoms with E-state index in [9.17, 15) is 0 Å². The van der Waals surface area contributed by atoms with Crippen LogP contribution in [0.2, 0.25) is 0 Å². The second-order valence-electron chi connectivity index (χ2n) is 5.07. The Balaban J connectivity index is 3.80. The van der Waals surface area contributed by atoms with Crippen molar-refractivity contribution >= 4 is 0 Å². The maximum absolute atomic E-state index is 2.39. The van der Waals surface area contributed by atoms with Gasteiger partial charge in [-0.2, -0.15) is 0 Å². The van der Waals surface area contributed by atoms with E-state index in [0.717, 1.165) is 6.42 Å². The third-order valence-electron chi connectivity index (χ3n) is 2.76. The second kappa shape index (κ2) is 10.4. The van der Waals surface area contributed by atoms with Crippen molar-refractivity contribution in [3.05, 3.63) is 41.4 Å². The van der Waals surface area contributed by atoms with E-state index in [2.05, 4.69) is 59.3 Å². The molecule has 0 atom stereocenters. The van der Waals surface area contributed by atoms with Crippen molar-refractivity contribution in [3.63, 3.8) is 0 Å². The molecule has 0 aromatic heterocycles. The van der Waals surface area contributed by atoms with Gasteiger partial charge >= 0.3 is 0 Å². The van der Waals surface area contributed by atoms with Crippen molar-refractivity contribution in [2.45, 2.75) is 66.7 Å². The lowest BCUT2D eigenvalue weighted by Gasteiger charge is -2.01. The van der Waals surface area contributed by atoms with E-state index in [4.69, 9.17) is 0 Å². The summed E-state index contributed by atoms with van der Waals surface area (Å²) < 4.78 is 0. The fraction of sp³-hybridized carbons (Fsp3) is 0.588. The lowest BCUT2D eigenvalue weighted by atomic mass is 10.1. The summed E-state index contributed by atoms with van der Waals surface area (Å²) in [7, 11) is 0. The molecule has 0 heterocycles. The molecule has 0 unspecified atom stereocenters. The summed E-state index contributed by atoms with van der Waals surface area (Å²) in [5, 5.41) is 0. The van der Waals surface area contributed by atoms with Crippen LogP contribution in [0.3, 0.4) is 0 Å². The van der Waals surface area contributed by atoms with E-state index in [1.54, 1.807) is 0 Å². The third-order valence-corrected chi connectivity index (χ3v) is 2.76. The van der Waals surface area contributed by atoms with Crippen LogP contribution in [0, 0.1) is 6.42 Å². The molecule has 0 rings (SSSR count). The zero-order valence-electron chi connectivity index (χ0n) is 12.3. The highest BCUT2D eigenvalue weighted by Gasteiger charge is 1.91. The topological polar surface area (TPSA) is 0 Å². The smallest absolute Gasteiger partial charge is 0.0171 e. The van der Waals surface area contributed by atoms with Gasteiger partial charge in [0.1, 0.15) is 0 Å². The highest BCUT2D eigenvalue weighted by molar-refractivity contribution is 5.08. The van der Waals surface area contributed by atoms with E-state index in [-0.39, 0.29) is 0 Å². The molecule has 0 heteroatoms. The molecule has 17 heavy (non-hydrogen) atoms. The fourth-order valence-corrected chi connectivity index (χ4v) is 1.64. The molecule has 0 bridgehead atoms. The van der Waals surface area contributed by atoms with Gasteiger partial charge in [-0.15, -0.1) is 0 Å². The van der Waals surface area contributed by atoms with Crippen LogP contribution < -0.4 is 0 Å². The molecular formula is C17H29. The predicted octanol–water partition coefficient (Wildman–Crippen LogP) is 6.02. The Bertz CT molecular complexity index is 272. The lowest BCUT2D eigenvalue weighted by Crippen LogP contribution is -1.81. The zero-order valence-corrected chi connectivity index (χ0v) is 12.3. The molecule has 0 aromatic rings.